The largest absolute Gasteiger partial charge is 0.496 e. The monoisotopic (exact) mass is 359 g/mol. The summed E-state index contributed by atoms with van der Waals surface area (Å²) in [5.41, 5.74) is 1.05. The molecule has 2 atom stereocenters. The first-order valence-electron chi connectivity index (χ1n) is 9.56. The Morgan fingerprint density at radius 2 is 2.00 bits per heavy atom. The van der Waals surface area contributed by atoms with Gasteiger partial charge in [0.1, 0.15) is 5.75 Å². The molecule has 1 saturated heterocycles. The van der Waals surface area contributed by atoms with Crippen molar-refractivity contribution in [1.29, 1.82) is 0 Å². The summed E-state index contributed by atoms with van der Waals surface area (Å²) in [5.74, 6) is 1.17. The van der Waals surface area contributed by atoms with Crippen LogP contribution in [0.5, 0.6) is 5.75 Å². The number of nitrogens with zero attached hydrogens (tertiary/aromatic N) is 1. The van der Waals surface area contributed by atoms with Crippen LogP contribution in [0.25, 0.3) is 0 Å². The van der Waals surface area contributed by atoms with Crippen LogP contribution in [0.1, 0.15) is 38.2 Å². The smallest absolute Gasteiger partial charge is 0.237 e. The molecule has 1 heterocycles. The van der Waals surface area contributed by atoms with Gasteiger partial charge in [-0.05, 0) is 32.3 Å². The van der Waals surface area contributed by atoms with Gasteiger partial charge < -0.3 is 15.4 Å². The van der Waals surface area contributed by atoms with E-state index in [1.54, 1.807) is 7.11 Å². The van der Waals surface area contributed by atoms with E-state index in [1.807, 2.05) is 31.2 Å². The number of likely N-dealkylation sites (N-methyl/N-ethyl adjacent to an activating group) is 1. The van der Waals surface area contributed by atoms with Crippen molar-refractivity contribution in [1.82, 2.24) is 15.5 Å². The summed E-state index contributed by atoms with van der Waals surface area (Å²) in [4.78, 5) is 27.0. The van der Waals surface area contributed by atoms with Gasteiger partial charge in [-0.3, -0.25) is 14.5 Å². The fourth-order valence-corrected chi connectivity index (χ4v) is 3.79. The predicted octanol–water partition coefficient (Wildman–Crippen LogP) is 1.69. The number of hydrogen-bond donors (Lipinski definition) is 2. The number of rotatable bonds is 7. The number of carbonyl (C=O) groups excluding carboxylic acids is 2. The second-order valence-corrected chi connectivity index (χ2v) is 7.22. The summed E-state index contributed by atoms with van der Waals surface area (Å²) >= 11 is 0. The molecular formula is C20H29N3O3. The van der Waals surface area contributed by atoms with Crippen LogP contribution in [0.2, 0.25) is 0 Å². The van der Waals surface area contributed by atoms with E-state index in [9.17, 15) is 9.59 Å². The third-order valence-electron chi connectivity index (χ3n) is 5.45. The van der Waals surface area contributed by atoms with Crippen LogP contribution in [-0.2, 0) is 16.1 Å². The molecule has 1 saturated carbocycles. The number of para-hydroxylation sites is 1. The standard InChI is InChI=1S/C20H29N3O3/c1-3-21-20(25)17-11-16(22-19(24)14-8-6-9-14)13-23(17)12-15-7-4-5-10-18(15)26-2/h4-5,7,10,14,16-17H,3,6,8-9,11-13H2,1-2H3,(H,21,25)(H,22,24)/t16-,17-/m0/s1. The fraction of sp³-hybridized carbons (Fsp3) is 0.600. The Balaban J connectivity index is 1.69. The Kier molecular flexibility index (Phi) is 6.14. The number of benzene rings is 1. The first kappa shape index (κ1) is 18.7. The molecule has 2 amide bonds. The first-order chi connectivity index (χ1) is 12.6. The first-order valence-corrected chi connectivity index (χ1v) is 9.56. The fourth-order valence-electron chi connectivity index (χ4n) is 3.79. The summed E-state index contributed by atoms with van der Waals surface area (Å²) in [5, 5.41) is 6.09. The van der Waals surface area contributed by atoms with Crippen molar-refractivity contribution in [2.24, 2.45) is 5.92 Å². The normalized spacial score (nSPS) is 23.3. The Morgan fingerprint density at radius 3 is 2.65 bits per heavy atom. The molecule has 0 spiro atoms. The van der Waals surface area contributed by atoms with Crippen LogP contribution in [0.3, 0.4) is 0 Å². The Labute approximate surface area is 155 Å². The van der Waals surface area contributed by atoms with E-state index in [4.69, 9.17) is 4.74 Å². The maximum Gasteiger partial charge on any atom is 0.237 e. The third-order valence-corrected chi connectivity index (χ3v) is 5.45. The maximum absolute atomic E-state index is 12.5. The molecule has 0 radical (unpaired) electrons. The molecule has 1 aliphatic heterocycles. The molecule has 0 bridgehead atoms. The summed E-state index contributed by atoms with van der Waals surface area (Å²) in [6.07, 6.45) is 3.77. The lowest BCUT2D eigenvalue weighted by molar-refractivity contribution is -0.128. The predicted molar refractivity (Wildman–Crippen MR) is 99.8 cm³/mol. The van der Waals surface area contributed by atoms with Crippen molar-refractivity contribution in [2.75, 3.05) is 20.2 Å². The van der Waals surface area contributed by atoms with Crippen molar-refractivity contribution in [3.05, 3.63) is 29.8 Å². The van der Waals surface area contributed by atoms with E-state index in [2.05, 4.69) is 15.5 Å². The van der Waals surface area contributed by atoms with Gasteiger partial charge in [0.2, 0.25) is 11.8 Å². The summed E-state index contributed by atoms with van der Waals surface area (Å²) in [6, 6.07) is 7.66. The number of amides is 2. The molecule has 26 heavy (non-hydrogen) atoms. The van der Waals surface area contributed by atoms with Crippen LogP contribution in [-0.4, -0.2) is 49.0 Å². The van der Waals surface area contributed by atoms with E-state index in [1.165, 1.54) is 0 Å². The van der Waals surface area contributed by atoms with E-state index >= 15 is 0 Å². The number of carbonyl (C=O) groups is 2. The van der Waals surface area contributed by atoms with Gasteiger partial charge in [0.05, 0.1) is 13.2 Å². The lowest BCUT2D eigenvalue weighted by Crippen LogP contribution is -2.42. The number of likely N-dealkylation sites (tertiary alicyclic amines) is 1. The van der Waals surface area contributed by atoms with Gasteiger partial charge in [-0.1, -0.05) is 24.6 Å². The van der Waals surface area contributed by atoms with Crippen molar-refractivity contribution in [3.8, 4) is 5.75 Å². The molecule has 1 aromatic rings. The second kappa shape index (κ2) is 8.54. The summed E-state index contributed by atoms with van der Waals surface area (Å²) < 4.78 is 5.45. The van der Waals surface area contributed by atoms with Crippen LogP contribution in [0.4, 0.5) is 0 Å². The highest BCUT2D eigenvalue weighted by molar-refractivity contribution is 5.83. The van der Waals surface area contributed by atoms with Crippen molar-refractivity contribution >= 4 is 11.8 Å². The minimum absolute atomic E-state index is 0.0189. The van der Waals surface area contributed by atoms with Gasteiger partial charge in [-0.2, -0.15) is 0 Å². The van der Waals surface area contributed by atoms with E-state index in [0.717, 1.165) is 30.6 Å². The van der Waals surface area contributed by atoms with Gasteiger partial charge in [-0.15, -0.1) is 0 Å². The molecule has 1 aromatic carbocycles. The number of nitrogens with one attached hydrogen (secondary N) is 2. The molecule has 2 fully saturated rings. The van der Waals surface area contributed by atoms with Crippen LogP contribution < -0.4 is 15.4 Å². The van der Waals surface area contributed by atoms with Gasteiger partial charge in [0, 0.05) is 37.2 Å². The lowest BCUT2D eigenvalue weighted by Gasteiger charge is -2.26. The number of methoxy groups -OCH3 is 1. The highest BCUT2D eigenvalue weighted by atomic mass is 16.5. The summed E-state index contributed by atoms with van der Waals surface area (Å²) in [6.45, 7) is 3.84. The minimum atomic E-state index is -0.230. The van der Waals surface area contributed by atoms with Gasteiger partial charge in [0.25, 0.3) is 0 Å². The maximum atomic E-state index is 12.5. The van der Waals surface area contributed by atoms with Crippen LogP contribution in [0.15, 0.2) is 24.3 Å². The van der Waals surface area contributed by atoms with E-state index < -0.39 is 0 Å². The van der Waals surface area contributed by atoms with Crippen LogP contribution in [0, 0.1) is 5.92 Å². The minimum Gasteiger partial charge on any atom is -0.496 e. The van der Waals surface area contributed by atoms with E-state index in [-0.39, 0.29) is 29.8 Å². The number of ether oxygens (including phenoxy) is 1. The zero-order valence-corrected chi connectivity index (χ0v) is 15.7. The number of hydrogen-bond acceptors (Lipinski definition) is 4. The highest BCUT2D eigenvalue weighted by Crippen LogP contribution is 2.28. The summed E-state index contributed by atoms with van der Waals surface area (Å²) in [7, 11) is 1.66. The molecule has 142 valence electrons. The average molecular weight is 359 g/mol. The molecule has 0 aromatic heterocycles. The molecule has 6 nitrogen and oxygen atoms in total. The zero-order chi connectivity index (χ0) is 18.5. The zero-order valence-electron chi connectivity index (χ0n) is 15.7. The average Bonchev–Trinajstić information content (AvgIpc) is 2.96. The molecule has 0 unspecified atom stereocenters. The van der Waals surface area contributed by atoms with Crippen LogP contribution >= 0.6 is 0 Å². The SMILES string of the molecule is CCNC(=O)[C@@H]1C[C@H](NC(=O)C2CCC2)CN1Cc1ccccc1OC. The van der Waals surface area contributed by atoms with Crippen molar-refractivity contribution in [2.45, 2.75) is 51.2 Å². The van der Waals surface area contributed by atoms with Crippen molar-refractivity contribution in [3.63, 3.8) is 0 Å². The lowest BCUT2D eigenvalue weighted by atomic mass is 9.84. The Bertz CT molecular complexity index is 645. The topological polar surface area (TPSA) is 70.7 Å². The molecule has 2 aliphatic rings. The van der Waals surface area contributed by atoms with E-state index in [0.29, 0.717) is 26.1 Å². The van der Waals surface area contributed by atoms with Gasteiger partial charge >= 0.3 is 0 Å². The molecule has 1 aliphatic carbocycles. The Morgan fingerprint density at radius 1 is 1.23 bits per heavy atom. The van der Waals surface area contributed by atoms with Crippen molar-refractivity contribution < 1.29 is 14.3 Å². The van der Waals surface area contributed by atoms with Gasteiger partial charge in [0.15, 0.2) is 0 Å². The molecule has 6 heteroatoms. The van der Waals surface area contributed by atoms with Gasteiger partial charge in [-0.25, -0.2) is 0 Å². The quantitative estimate of drug-likeness (QED) is 0.777. The molecule has 2 N–H and O–H groups in total. The third kappa shape index (κ3) is 4.18. The molecular weight excluding hydrogens is 330 g/mol. The molecule has 3 rings (SSSR count). The highest BCUT2D eigenvalue weighted by Gasteiger charge is 2.38. The Hall–Kier alpha value is -2.08. The second-order valence-electron chi connectivity index (χ2n) is 7.22.